The van der Waals surface area contributed by atoms with Crippen molar-refractivity contribution in [2.24, 2.45) is 11.3 Å². The number of rotatable bonds is 7. The predicted octanol–water partition coefficient (Wildman–Crippen LogP) is 3.87. The molecule has 1 aliphatic rings. The van der Waals surface area contributed by atoms with E-state index in [9.17, 15) is 10.1 Å². The highest BCUT2D eigenvalue weighted by molar-refractivity contribution is 5.76. The molecule has 1 amide bonds. The van der Waals surface area contributed by atoms with Gasteiger partial charge in [-0.25, -0.2) is 9.50 Å². The number of amides is 1. The molecule has 1 fully saturated rings. The maximum atomic E-state index is 12.5. The van der Waals surface area contributed by atoms with Crippen LogP contribution in [0.3, 0.4) is 0 Å². The Hall–Kier alpha value is -2.42. The van der Waals surface area contributed by atoms with Gasteiger partial charge in [-0.2, -0.15) is 10.4 Å². The van der Waals surface area contributed by atoms with Gasteiger partial charge in [-0.3, -0.25) is 4.79 Å². The smallest absolute Gasteiger partial charge is 0.220 e. The summed E-state index contributed by atoms with van der Waals surface area (Å²) in [6.45, 7) is 9.24. The number of aromatic nitrogens is 3. The van der Waals surface area contributed by atoms with Gasteiger partial charge in [-0.15, -0.1) is 0 Å². The Morgan fingerprint density at radius 3 is 2.71 bits per heavy atom. The molecule has 1 aliphatic carbocycles. The monoisotopic (exact) mass is 381 g/mol. The Balaban J connectivity index is 1.64. The number of aryl methyl sites for hydroxylation is 2. The van der Waals surface area contributed by atoms with E-state index in [1.807, 2.05) is 13.8 Å². The van der Waals surface area contributed by atoms with Gasteiger partial charge in [-0.05, 0) is 56.4 Å². The molecular weight excluding hydrogens is 350 g/mol. The van der Waals surface area contributed by atoms with E-state index in [1.54, 1.807) is 10.7 Å². The molecule has 0 radical (unpaired) electrons. The standard InChI is InChI=1S/C22H31N5O/c1-15(2)11-22(9-5-6-10-22)14-24-20(28)8-7-19-16(3)26-21-18(12-23)13-25-27(21)17(19)4/h13,15H,5-11,14H2,1-4H3,(H,24,28). The third-order valence-corrected chi connectivity index (χ3v) is 6.10. The van der Waals surface area contributed by atoms with Gasteiger partial charge < -0.3 is 5.32 Å². The third kappa shape index (κ3) is 4.19. The number of hydrogen-bond donors (Lipinski definition) is 1. The first kappa shape index (κ1) is 20.3. The minimum absolute atomic E-state index is 0.104. The molecule has 3 rings (SSSR count). The number of carbonyl (C=O) groups is 1. The van der Waals surface area contributed by atoms with Crippen molar-refractivity contribution in [1.29, 1.82) is 5.26 Å². The summed E-state index contributed by atoms with van der Waals surface area (Å²) in [6.07, 6.45) is 8.82. The van der Waals surface area contributed by atoms with Crippen LogP contribution in [0.25, 0.3) is 5.65 Å². The molecule has 1 saturated carbocycles. The summed E-state index contributed by atoms with van der Waals surface area (Å²) in [6, 6.07) is 2.12. The van der Waals surface area contributed by atoms with Crippen LogP contribution in [0.5, 0.6) is 0 Å². The van der Waals surface area contributed by atoms with Crippen LogP contribution in [0.1, 0.15) is 74.9 Å². The van der Waals surface area contributed by atoms with Crippen molar-refractivity contribution in [1.82, 2.24) is 19.9 Å². The van der Waals surface area contributed by atoms with Crippen molar-refractivity contribution in [2.75, 3.05) is 6.54 Å². The fourth-order valence-electron chi connectivity index (χ4n) is 4.81. The highest BCUT2D eigenvalue weighted by Gasteiger charge is 2.34. The van der Waals surface area contributed by atoms with Crippen LogP contribution >= 0.6 is 0 Å². The number of hydrogen-bond acceptors (Lipinski definition) is 4. The lowest BCUT2D eigenvalue weighted by atomic mass is 9.78. The number of nitrogens with one attached hydrogen (secondary N) is 1. The van der Waals surface area contributed by atoms with Gasteiger partial charge in [0, 0.05) is 24.4 Å². The molecule has 2 heterocycles. The van der Waals surface area contributed by atoms with E-state index in [1.165, 1.54) is 32.1 Å². The Bertz CT molecular complexity index is 900. The largest absolute Gasteiger partial charge is 0.356 e. The van der Waals surface area contributed by atoms with Crippen LogP contribution in [-0.4, -0.2) is 27.0 Å². The SMILES string of the molecule is Cc1nc2c(C#N)cnn2c(C)c1CCC(=O)NCC1(CC(C)C)CCCC1. The predicted molar refractivity (Wildman–Crippen MR) is 109 cm³/mol. The second-order valence-electron chi connectivity index (χ2n) is 8.75. The van der Waals surface area contributed by atoms with E-state index < -0.39 is 0 Å². The van der Waals surface area contributed by atoms with Crippen molar-refractivity contribution in [2.45, 2.75) is 72.6 Å². The van der Waals surface area contributed by atoms with E-state index in [0.717, 1.165) is 23.5 Å². The lowest BCUT2D eigenvalue weighted by Crippen LogP contribution is -2.37. The Kier molecular flexibility index (Phi) is 6.02. The fourth-order valence-corrected chi connectivity index (χ4v) is 4.81. The average molecular weight is 382 g/mol. The topological polar surface area (TPSA) is 83.1 Å². The molecule has 0 aromatic carbocycles. The number of nitrogens with zero attached hydrogens (tertiary/aromatic N) is 4. The first-order valence-electron chi connectivity index (χ1n) is 10.4. The first-order valence-corrected chi connectivity index (χ1v) is 10.4. The van der Waals surface area contributed by atoms with Crippen LogP contribution in [0.2, 0.25) is 0 Å². The molecule has 0 atom stereocenters. The minimum Gasteiger partial charge on any atom is -0.356 e. The Labute approximate surface area is 167 Å². The van der Waals surface area contributed by atoms with Gasteiger partial charge >= 0.3 is 0 Å². The molecule has 6 nitrogen and oxygen atoms in total. The highest BCUT2D eigenvalue weighted by Crippen LogP contribution is 2.42. The van der Waals surface area contributed by atoms with E-state index in [0.29, 0.717) is 35.4 Å². The summed E-state index contributed by atoms with van der Waals surface area (Å²) in [5.74, 6) is 0.762. The van der Waals surface area contributed by atoms with Crippen LogP contribution in [0, 0.1) is 36.5 Å². The Morgan fingerprint density at radius 1 is 1.36 bits per heavy atom. The number of carbonyl (C=O) groups excluding carboxylic acids is 1. The molecular formula is C22H31N5O. The van der Waals surface area contributed by atoms with Crippen molar-refractivity contribution < 1.29 is 4.79 Å². The number of nitriles is 1. The third-order valence-electron chi connectivity index (χ3n) is 6.10. The Morgan fingerprint density at radius 2 is 2.07 bits per heavy atom. The molecule has 2 aromatic rings. The van der Waals surface area contributed by atoms with E-state index in [4.69, 9.17) is 0 Å². The molecule has 1 N–H and O–H groups in total. The second kappa shape index (κ2) is 8.30. The van der Waals surface area contributed by atoms with Gasteiger partial charge in [0.1, 0.15) is 11.6 Å². The minimum atomic E-state index is 0.104. The zero-order chi connectivity index (χ0) is 20.3. The summed E-state index contributed by atoms with van der Waals surface area (Å²) in [5, 5.41) is 16.7. The van der Waals surface area contributed by atoms with Crippen molar-refractivity contribution in [3.63, 3.8) is 0 Å². The molecule has 0 bridgehead atoms. The van der Waals surface area contributed by atoms with Gasteiger partial charge in [0.15, 0.2) is 5.65 Å². The summed E-state index contributed by atoms with van der Waals surface area (Å²) < 4.78 is 1.70. The normalized spacial score (nSPS) is 15.9. The van der Waals surface area contributed by atoms with Crippen molar-refractivity contribution in [3.05, 3.63) is 28.7 Å². The van der Waals surface area contributed by atoms with Crippen LogP contribution in [0.4, 0.5) is 0 Å². The molecule has 28 heavy (non-hydrogen) atoms. The van der Waals surface area contributed by atoms with Crippen LogP contribution in [-0.2, 0) is 11.2 Å². The summed E-state index contributed by atoms with van der Waals surface area (Å²) in [7, 11) is 0. The summed E-state index contributed by atoms with van der Waals surface area (Å²) in [5.41, 5.74) is 4.20. The van der Waals surface area contributed by atoms with Gasteiger partial charge in [0.25, 0.3) is 0 Å². The maximum absolute atomic E-state index is 12.5. The molecule has 0 unspecified atom stereocenters. The van der Waals surface area contributed by atoms with E-state index in [2.05, 4.69) is 35.3 Å². The molecule has 0 aliphatic heterocycles. The molecule has 2 aromatic heterocycles. The van der Waals surface area contributed by atoms with Gasteiger partial charge in [0.2, 0.25) is 5.91 Å². The summed E-state index contributed by atoms with van der Waals surface area (Å²) >= 11 is 0. The maximum Gasteiger partial charge on any atom is 0.220 e. The zero-order valence-electron chi connectivity index (χ0n) is 17.5. The molecule has 150 valence electrons. The fraction of sp³-hybridized carbons (Fsp3) is 0.636. The molecule has 6 heteroatoms. The first-order chi connectivity index (χ1) is 13.3. The zero-order valence-corrected chi connectivity index (χ0v) is 17.5. The van der Waals surface area contributed by atoms with Crippen molar-refractivity contribution in [3.8, 4) is 6.07 Å². The quantitative estimate of drug-likeness (QED) is 0.789. The highest BCUT2D eigenvalue weighted by atomic mass is 16.1. The lowest BCUT2D eigenvalue weighted by Gasteiger charge is -2.31. The van der Waals surface area contributed by atoms with Gasteiger partial charge in [0.05, 0.1) is 6.20 Å². The van der Waals surface area contributed by atoms with Gasteiger partial charge in [-0.1, -0.05) is 26.7 Å². The second-order valence-corrected chi connectivity index (χ2v) is 8.75. The van der Waals surface area contributed by atoms with Crippen molar-refractivity contribution >= 4 is 11.6 Å². The van der Waals surface area contributed by atoms with Crippen LogP contribution < -0.4 is 5.32 Å². The lowest BCUT2D eigenvalue weighted by molar-refractivity contribution is -0.121. The van der Waals surface area contributed by atoms with E-state index >= 15 is 0 Å². The van der Waals surface area contributed by atoms with Crippen LogP contribution in [0.15, 0.2) is 6.20 Å². The molecule has 0 spiro atoms. The molecule has 0 saturated heterocycles. The average Bonchev–Trinajstić information content (AvgIpc) is 3.26. The number of fused-ring (bicyclic) bond motifs is 1. The summed E-state index contributed by atoms with van der Waals surface area (Å²) in [4.78, 5) is 17.1. The van der Waals surface area contributed by atoms with E-state index in [-0.39, 0.29) is 5.91 Å².